The molecule has 0 aromatic carbocycles. The van der Waals surface area contributed by atoms with Gasteiger partial charge in [-0.3, -0.25) is 9.69 Å². The number of H-pyrrole nitrogens is 1. The fraction of sp³-hybridized carbons (Fsp3) is 0.581. The quantitative estimate of drug-likeness (QED) is 0.346. The Hall–Kier alpha value is -2.71. The van der Waals surface area contributed by atoms with Crippen molar-refractivity contribution in [2.75, 3.05) is 19.6 Å². The zero-order valence-corrected chi connectivity index (χ0v) is 24.1. The summed E-state index contributed by atoms with van der Waals surface area (Å²) in [4.78, 5) is 26.3. The van der Waals surface area contributed by atoms with Gasteiger partial charge in [-0.05, 0) is 86.8 Å². The number of aryl methyl sites for hydroxylation is 2. The lowest BCUT2D eigenvalue weighted by Gasteiger charge is -2.51. The number of nitrogens with one attached hydrogen (secondary N) is 2. The summed E-state index contributed by atoms with van der Waals surface area (Å²) in [6.07, 6.45) is 13.3. The number of hydrogen-bond donors (Lipinski definition) is 2. The Kier molecular flexibility index (Phi) is 5.34. The first-order valence-corrected chi connectivity index (χ1v) is 15.8. The maximum Gasteiger partial charge on any atom is 0.228 e. The second-order valence-electron chi connectivity index (χ2n) is 12.9. The van der Waals surface area contributed by atoms with E-state index in [1.807, 2.05) is 15.9 Å². The van der Waals surface area contributed by atoms with Gasteiger partial charge in [0.2, 0.25) is 5.91 Å². The van der Waals surface area contributed by atoms with E-state index < -0.39 is 0 Å². The molecule has 8 heteroatoms. The number of likely N-dealkylation sites (tertiary alicyclic amines) is 1. The lowest BCUT2D eigenvalue weighted by molar-refractivity contribution is -0.139. The molecule has 0 atom stereocenters. The van der Waals surface area contributed by atoms with Gasteiger partial charge in [-0.1, -0.05) is 13.8 Å². The molecule has 7 nitrogen and oxygen atoms in total. The Morgan fingerprint density at radius 3 is 2.67 bits per heavy atom. The van der Waals surface area contributed by atoms with Crippen LogP contribution >= 0.6 is 11.3 Å². The number of aromatic amines is 1. The maximum absolute atomic E-state index is 12.3. The predicted octanol–water partition coefficient (Wildman–Crippen LogP) is 5.71. The van der Waals surface area contributed by atoms with Gasteiger partial charge in [0.25, 0.3) is 0 Å². The summed E-state index contributed by atoms with van der Waals surface area (Å²) in [5, 5.41) is 9.03. The normalized spacial score (nSPS) is 24.8. The minimum atomic E-state index is -0.0659. The van der Waals surface area contributed by atoms with Crippen LogP contribution in [0.5, 0.6) is 0 Å². The SMILES string of the molecule is Cc1c(C2CCC(N3CC4(CCNC4=O)C3)CC2)sc2[nH]c(-c3cn4ncnc4c4c3CCC4)c(C(C)C)c12. The molecule has 2 N–H and O–H groups in total. The number of hydrogen-bond acceptors (Lipinski definition) is 5. The summed E-state index contributed by atoms with van der Waals surface area (Å²) in [5.74, 6) is 1.38. The molecule has 2 aliphatic carbocycles. The molecule has 0 bridgehead atoms. The number of carbonyl (C=O) groups excluding carboxylic acids is 1. The van der Waals surface area contributed by atoms with Gasteiger partial charge >= 0.3 is 0 Å². The van der Waals surface area contributed by atoms with Crippen molar-refractivity contribution in [2.45, 2.75) is 90.0 Å². The van der Waals surface area contributed by atoms with Crippen LogP contribution in [0.15, 0.2) is 12.5 Å². The third-order valence-electron chi connectivity index (χ3n) is 10.4. The highest BCUT2D eigenvalue weighted by Crippen LogP contribution is 2.49. The van der Waals surface area contributed by atoms with Gasteiger partial charge in [0, 0.05) is 53.3 Å². The van der Waals surface area contributed by atoms with E-state index in [9.17, 15) is 4.79 Å². The molecule has 1 amide bonds. The summed E-state index contributed by atoms with van der Waals surface area (Å²) in [5.41, 5.74) is 9.38. The number of fused-ring (bicyclic) bond motifs is 4. The molecule has 0 radical (unpaired) electrons. The van der Waals surface area contributed by atoms with E-state index in [1.54, 1.807) is 11.2 Å². The van der Waals surface area contributed by atoms with Crippen LogP contribution in [0.2, 0.25) is 0 Å². The van der Waals surface area contributed by atoms with Crippen LogP contribution in [-0.2, 0) is 17.6 Å². The molecular formula is C31H38N6OS. The van der Waals surface area contributed by atoms with Crippen LogP contribution in [0.4, 0.5) is 0 Å². The Balaban J connectivity index is 1.09. The molecule has 4 aromatic heterocycles. The van der Waals surface area contributed by atoms with E-state index in [2.05, 4.69) is 52.3 Å². The number of rotatable bonds is 4. The van der Waals surface area contributed by atoms with E-state index in [1.165, 1.54) is 75.8 Å². The highest BCUT2D eigenvalue weighted by molar-refractivity contribution is 7.19. The highest BCUT2D eigenvalue weighted by Gasteiger charge is 2.53. The van der Waals surface area contributed by atoms with E-state index >= 15 is 0 Å². The molecule has 204 valence electrons. The van der Waals surface area contributed by atoms with Crippen LogP contribution in [0, 0.1) is 12.3 Å². The Morgan fingerprint density at radius 1 is 1.13 bits per heavy atom. The van der Waals surface area contributed by atoms with Crippen molar-refractivity contribution in [3.8, 4) is 11.3 Å². The topological polar surface area (TPSA) is 78.3 Å². The van der Waals surface area contributed by atoms with Gasteiger partial charge in [-0.25, -0.2) is 9.50 Å². The second kappa shape index (κ2) is 8.64. The lowest BCUT2D eigenvalue weighted by Crippen LogP contribution is -2.62. The first-order valence-electron chi connectivity index (χ1n) is 14.9. The smallest absolute Gasteiger partial charge is 0.228 e. The zero-order valence-electron chi connectivity index (χ0n) is 23.3. The van der Waals surface area contributed by atoms with Crippen molar-refractivity contribution < 1.29 is 4.79 Å². The highest BCUT2D eigenvalue weighted by atomic mass is 32.1. The minimum Gasteiger partial charge on any atom is -0.355 e. The van der Waals surface area contributed by atoms with Gasteiger partial charge in [0.05, 0.1) is 11.1 Å². The summed E-state index contributed by atoms with van der Waals surface area (Å²) >= 11 is 2.00. The van der Waals surface area contributed by atoms with E-state index in [-0.39, 0.29) is 5.41 Å². The summed E-state index contributed by atoms with van der Waals surface area (Å²) in [7, 11) is 0. The fourth-order valence-electron chi connectivity index (χ4n) is 8.40. The van der Waals surface area contributed by atoms with Gasteiger partial charge in [0.15, 0.2) is 5.65 Å². The predicted molar refractivity (Wildman–Crippen MR) is 156 cm³/mol. The zero-order chi connectivity index (χ0) is 26.5. The summed E-state index contributed by atoms with van der Waals surface area (Å²) < 4.78 is 1.98. The third-order valence-corrected chi connectivity index (χ3v) is 11.8. The van der Waals surface area contributed by atoms with E-state index in [4.69, 9.17) is 0 Å². The molecule has 39 heavy (non-hydrogen) atoms. The van der Waals surface area contributed by atoms with Gasteiger partial charge in [0.1, 0.15) is 11.2 Å². The first-order chi connectivity index (χ1) is 18.9. The monoisotopic (exact) mass is 542 g/mol. The first kappa shape index (κ1) is 24.1. The summed E-state index contributed by atoms with van der Waals surface area (Å²) in [6, 6.07) is 0.650. The van der Waals surface area contributed by atoms with Crippen molar-refractivity contribution in [1.82, 2.24) is 29.8 Å². The number of thiophene rings is 1. The molecule has 4 aromatic rings. The lowest BCUT2D eigenvalue weighted by atomic mass is 9.74. The molecule has 3 fully saturated rings. The van der Waals surface area contributed by atoms with Gasteiger partial charge < -0.3 is 10.3 Å². The average Bonchev–Trinajstić information content (AvgIpc) is 3.71. The molecule has 2 saturated heterocycles. The molecular weight excluding hydrogens is 504 g/mol. The molecule has 4 aliphatic rings. The van der Waals surface area contributed by atoms with E-state index in [0.717, 1.165) is 44.5 Å². The van der Waals surface area contributed by atoms with Crippen LogP contribution in [-0.4, -0.2) is 56.1 Å². The summed E-state index contributed by atoms with van der Waals surface area (Å²) in [6.45, 7) is 9.85. The van der Waals surface area contributed by atoms with Crippen molar-refractivity contribution in [3.63, 3.8) is 0 Å². The standard InChI is InChI=1S/C31H38N6OS/c1-17(2)24-25-18(3)27(19-7-9-20(10-8-19)36-14-31(15-36)11-12-32-30(31)38)39-29(25)35-26(24)23-13-37-28(33-16-34-37)22-6-4-5-21(22)23/h13,16-17,19-20,35H,4-12,14-15H2,1-3H3,(H,32,38). The second-order valence-corrected chi connectivity index (χ2v) is 14.0. The maximum atomic E-state index is 12.3. The van der Waals surface area contributed by atoms with Crippen molar-refractivity contribution in [3.05, 3.63) is 39.7 Å². The van der Waals surface area contributed by atoms with Crippen LogP contribution in [0.25, 0.3) is 27.1 Å². The van der Waals surface area contributed by atoms with Crippen LogP contribution in [0.3, 0.4) is 0 Å². The average molecular weight is 543 g/mol. The van der Waals surface area contributed by atoms with E-state index in [0.29, 0.717) is 23.8 Å². The molecule has 6 heterocycles. The minimum absolute atomic E-state index is 0.0659. The number of carbonyl (C=O) groups is 1. The largest absolute Gasteiger partial charge is 0.355 e. The number of nitrogens with zero attached hydrogens (tertiary/aromatic N) is 4. The van der Waals surface area contributed by atoms with Crippen LogP contribution in [0.1, 0.15) is 91.3 Å². The number of amides is 1. The molecule has 2 aliphatic heterocycles. The third kappa shape index (κ3) is 3.46. The van der Waals surface area contributed by atoms with Gasteiger partial charge in [-0.2, -0.15) is 5.10 Å². The van der Waals surface area contributed by atoms with Crippen molar-refractivity contribution >= 4 is 33.1 Å². The molecule has 8 rings (SSSR count). The Morgan fingerprint density at radius 2 is 1.92 bits per heavy atom. The van der Waals surface area contributed by atoms with Gasteiger partial charge in [-0.15, -0.1) is 11.3 Å². The number of aromatic nitrogens is 4. The molecule has 0 unspecified atom stereocenters. The van der Waals surface area contributed by atoms with Crippen molar-refractivity contribution in [2.24, 2.45) is 5.41 Å². The Bertz CT molecular complexity index is 1610. The van der Waals surface area contributed by atoms with Crippen LogP contribution < -0.4 is 5.32 Å². The number of pyridine rings is 1. The molecule has 1 spiro atoms. The Labute approximate surface area is 233 Å². The fourth-order valence-corrected chi connectivity index (χ4v) is 9.80. The molecule has 1 saturated carbocycles. The van der Waals surface area contributed by atoms with Crippen molar-refractivity contribution in [1.29, 1.82) is 0 Å².